The molecule has 0 atom stereocenters. The lowest BCUT2D eigenvalue weighted by atomic mass is 9.93. The van der Waals surface area contributed by atoms with Gasteiger partial charge in [-0.15, -0.1) is 0 Å². The van der Waals surface area contributed by atoms with Gasteiger partial charge in [-0.2, -0.15) is 5.10 Å². The van der Waals surface area contributed by atoms with E-state index in [4.69, 9.17) is 30.9 Å². The maximum Gasteiger partial charge on any atom is 0.410 e. The number of amides is 1. The average Bonchev–Trinajstić information content (AvgIpc) is 3.55. The maximum absolute atomic E-state index is 14.4. The fourth-order valence-corrected chi connectivity index (χ4v) is 7.94. The number of carbonyl (C=O) groups excluding carboxylic acids is 2. The van der Waals surface area contributed by atoms with Crippen LogP contribution in [0.2, 0.25) is 5.02 Å². The number of fused-ring (bicyclic) bond motifs is 2. The van der Waals surface area contributed by atoms with Gasteiger partial charge in [0.05, 0.1) is 22.8 Å². The molecule has 0 N–H and O–H groups in total. The molecule has 1 fully saturated rings. The summed E-state index contributed by atoms with van der Waals surface area (Å²) in [5, 5.41) is 8.53. The molecule has 0 aliphatic carbocycles. The van der Waals surface area contributed by atoms with E-state index in [1.165, 1.54) is 0 Å². The van der Waals surface area contributed by atoms with E-state index in [-0.39, 0.29) is 12.1 Å². The molecule has 1 amide bonds. The van der Waals surface area contributed by atoms with Crippen molar-refractivity contribution in [3.63, 3.8) is 0 Å². The predicted octanol–water partition coefficient (Wildman–Crippen LogP) is 10.5. The van der Waals surface area contributed by atoms with Crippen molar-refractivity contribution in [2.75, 3.05) is 19.7 Å². The van der Waals surface area contributed by atoms with Crippen LogP contribution in [0.3, 0.4) is 0 Å². The number of nitrogens with zero attached hydrogens (tertiary/aromatic N) is 4. The quantitative estimate of drug-likeness (QED) is 0.104. The molecular weight excluding hydrogens is 700 g/mol. The number of halogens is 1. The highest BCUT2D eigenvalue weighted by atomic mass is 35.5. The van der Waals surface area contributed by atoms with E-state index >= 15 is 0 Å². The van der Waals surface area contributed by atoms with Crippen molar-refractivity contribution in [3.8, 4) is 16.9 Å². The van der Waals surface area contributed by atoms with Crippen molar-refractivity contribution >= 4 is 45.3 Å². The van der Waals surface area contributed by atoms with Gasteiger partial charge in [0.15, 0.2) is 0 Å². The van der Waals surface area contributed by atoms with E-state index in [1.807, 2.05) is 101 Å². The molecule has 1 aliphatic rings. The lowest BCUT2D eigenvalue weighted by molar-refractivity contribution is 0.00535. The fourth-order valence-electron chi connectivity index (χ4n) is 7.70. The van der Waals surface area contributed by atoms with Crippen molar-refractivity contribution in [1.29, 1.82) is 0 Å². The first-order valence-electron chi connectivity index (χ1n) is 19.2. The lowest BCUT2D eigenvalue weighted by Gasteiger charge is -2.33. The minimum absolute atomic E-state index is 0.264. The molecule has 1 saturated heterocycles. The van der Waals surface area contributed by atoms with Gasteiger partial charge in [-0.25, -0.2) is 9.59 Å². The summed E-state index contributed by atoms with van der Waals surface area (Å²) in [6.45, 7) is 17.8. The van der Waals surface area contributed by atoms with Crippen LogP contribution in [-0.4, -0.2) is 62.2 Å². The van der Waals surface area contributed by atoms with Gasteiger partial charge in [-0.3, -0.25) is 4.68 Å². The van der Waals surface area contributed by atoms with Gasteiger partial charge >= 0.3 is 12.1 Å². The topological polar surface area (TPSA) is 87.8 Å². The van der Waals surface area contributed by atoms with Crippen molar-refractivity contribution in [1.82, 2.24) is 19.2 Å². The Morgan fingerprint density at radius 2 is 1.56 bits per heavy atom. The molecular formula is C44H55ClN4O5. The Hall–Kier alpha value is -4.50. The molecule has 0 spiro atoms. The van der Waals surface area contributed by atoms with Crippen LogP contribution < -0.4 is 4.74 Å². The number of likely N-dealkylation sites (tertiary alicyclic amines) is 1. The number of rotatable bonds is 10. The second-order valence-corrected chi connectivity index (χ2v) is 17.0. The van der Waals surface area contributed by atoms with Crippen molar-refractivity contribution < 1.29 is 23.8 Å². The molecule has 0 bridgehead atoms. The summed E-state index contributed by atoms with van der Waals surface area (Å²) in [7, 11) is 1.94. The fraction of sp³-hybridized carbons (Fsp3) is 0.477. The SMILES string of the molecule is Cc1nn(C)c(C)c1-c1c(Cl)ccc2c(CCCOc3cccc4ccccc34)c(C(=O)OC(C)(C)C)n(CCC3CCN(C(=O)OC(C)(C)C)CC3)c12. The summed E-state index contributed by atoms with van der Waals surface area (Å²) >= 11 is 7.16. The van der Waals surface area contributed by atoms with Gasteiger partial charge in [0, 0.05) is 54.3 Å². The summed E-state index contributed by atoms with van der Waals surface area (Å²) < 4.78 is 22.2. The molecule has 3 heterocycles. The van der Waals surface area contributed by atoms with Crippen LogP contribution >= 0.6 is 11.6 Å². The van der Waals surface area contributed by atoms with Gasteiger partial charge in [-0.1, -0.05) is 54.1 Å². The summed E-state index contributed by atoms with van der Waals surface area (Å²) in [4.78, 5) is 29.1. The minimum atomic E-state index is -0.696. The first-order chi connectivity index (χ1) is 25.5. The molecule has 54 heavy (non-hydrogen) atoms. The minimum Gasteiger partial charge on any atom is -0.493 e. The van der Waals surface area contributed by atoms with Gasteiger partial charge in [0.25, 0.3) is 0 Å². The summed E-state index contributed by atoms with van der Waals surface area (Å²) in [5.41, 5.74) is 4.88. The molecule has 0 unspecified atom stereocenters. The largest absolute Gasteiger partial charge is 0.493 e. The molecule has 1 aliphatic heterocycles. The third-order valence-corrected chi connectivity index (χ3v) is 10.5. The zero-order valence-electron chi connectivity index (χ0n) is 33.3. The van der Waals surface area contributed by atoms with E-state index in [1.54, 1.807) is 0 Å². The average molecular weight is 755 g/mol. The standard InChI is InChI=1S/C44H55ClN4O5/c1-28-37(29(2)47(9)46-28)38-35(45)20-19-34-33(17-13-27-52-36-18-12-15-31-14-10-11-16-32(31)36)40(41(50)53-43(3,4)5)49(39(34)38)26-23-30-21-24-48(25-22-30)42(51)54-44(6,7)8/h10-12,14-16,18-20,30H,13,17,21-27H2,1-9H3. The second-order valence-electron chi connectivity index (χ2n) is 16.6. The lowest BCUT2D eigenvalue weighted by Crippen LogP contribution is -2.41. The van der Waals surface area contributed by atoms with Crippen molar-refractivity contribution in [3.05, 3.63) is 82.3 Å². The Kier molecular flexibility index (Phi) is 11.4. The number of benzene rings is 3. The third-order valence-electron chi connectivity index (χ3n) is 10.2. The summed E-state index contributed by atoms with van der Waals surface area (Å²) in [5.74, 6) is 0.844. The first-order valence-corrected chi connectivity index (χ1v) is 19.6. The summed E-state index contributed by atoms with van der Waals surface area (Å²) in [6, 6.07) is 18.3. The highest BCUT2D eigenvalue weighted by molar-refractivity contribution is 6.35. The van der Waals surface area contributed by atoms with Crippen molar-refractivity contribution in [2.45, 2.75) is 105 Å². The molecule has 6 rings (SSSR count). The maximum atomic E-state index is 14.4. The summed E-state index contributed by atoms with van der Waals surface area (Å²) in [6.07, 6.45) is 3.55. The second kappa shape index (κ2) is 15.7. The van der Waals surface area contributed by atoms with Crippen LogP contribution in [0, 0.1) is 19.8 Å². The number of piperidine rings is 1. The van der Waals surface area contributed by atoms with Crippen LogP contribution in [0.15, 0.2) is 54.6 Å². The van der Waals surface area contributed by atoms with E-state index < -0.39 is 11.2 Å². The Balaban J connectivity index is 1.38. The van der Waals surface area contributed by atoms with Crippen molar-refractivity contribution in [2.24, 2.45) is 13.0 Å². The Morgan fingerprint density at radius 3 is 2.22 bits per heavy atom. The molecule has 9 nitrogen and oxygen atoms in total. The number of hydrogen-bond donors (Lipinski definition) is 0. The van der Waals surface area contributed by atoms with Crippen LogP contribution in [0.4, 0.5) is 4.79 Å². The van der Waals surface area contributed by atoms with Gasteiger partial charge in [-0.05, 0) is 116 Å². The van der Waals surface area contributed by atoms with Crippen LogP contribution in [0.25, 0.3) is 32.8 Å². The molecule has 3 aromatic carbocycles. The van der Waals surface area contributed by atoms with E-state index in [2.05, 4.69) is 29.7 Å². The molecule has 10 heteroatoms. The first kappa shape index (κ1) is 39.2. The highest BCUT2D eigenvalue weighted by Gasteiger charge is 2.32. The molecule has 288 valence electrons. The number of hydrogen-bond acceptors (Lipinski definition) is 6. The molecule has 5 aromatic rings. The highest BCUT2D eigenvalue weighted by Crippen LogP contribution is 2.43. The number of aryl methyl sites for hydroxylation is 4. The van der Waals surface area contributed by atoms with E-state index in [0.29, 0.717) is 55.7 Å². The van der Waals surface area contributed by atoms with E-state index in [0.717, 1.165) is 74.8 Å². The number of aromatic nitrogens is 3. The van der Waals surface area contributed by atoms with Gasteiger partial charge in [0.1, 0.15) is 22.6 Å². The monoisotopic (exact) mass is 754 g/mol. The molecule has 0 radical (unpaired) electrons. The van der Waals surface area contributed by atoms with E-state index in [9.17, 15) is 9.59 Å². The number of esters is 1. The Labute approximate surface area is 324 Å². The molecule has 0 saturated carbocycles. The smallest absolute Gasteiger partial charge is 0.410 e. The predicted molar refractivity (Wildman–Crippen MR) is 217 cm³/mol. The Morgan fingerprint density at radius 1 is 0.870 bits per heavy atom. The van der Waals surface area contributed by atoms with Crippen LogP contribution in [0.5, 0.6) is 5.75 Å². The zero-order chi connectivity index (χ0) is 38.9. The number of carbonyl (C=O) groups is 2. The molecule has 2 aromatic heterocycles. The zero-order valence-corrected chi connectivity index (χ0v) is 34.1. The van der Waals surface area contributed by atoms with Gasteiger partial charge in [0.2, 0.25) is 0 Å². The normalized spacial score (nSPS) is 14.2. The third kappa shape index (κ3) is 8.57. The number of ether oxygens (including phenoxy) is 3. The van der Waals surface area contributed by atoms with Crippen LogP contribution in [0.1, 0.15) is 94.7 Å². The Bertz CT molecular complexity index is 2160. The van der Waals surface area contributed by atoms with Crippen LogP contribution in [-0.2, 0) is 29.5 Å². The van der Waals surface area contributed by atoms with Gasteiger partial charge < -0.3 is 23.7 Å².